The van der Waals surface area contributed by atoms with Crippen LogP contribution in [-0.2, 0) is 11.2 Å². The van der Waals surface area contributed by atoms with Crippen LogP contribution in [-0.4, -0.2) is 37.2 Å². The first-order chi connectivity index (χ1) is 8.79. The van der Waals surface area contributed by atoms with Crippen LogP contribution in [0.3, 0.4) is 0 Å². The maximum absolute atomic E-state index is 13.1. The van der Waals surface area contributed by atoms with Gasteiger partial charge in [0.1, 0.15) is 5.82 Å². The second-order valence-corrected chi connectivity index (χ2v) is 5.53. The normalized spacial score (nSPS) is 25.3. The quantitative estimate of drug-likeness (QED) is 0.813. The fraction of sp³-hybridized carbons (Fsp3) is 0.600. The van der Waals surface area contributed by atoms with E-state index in [0.29, 0.717) is 0 Å². The highest BCUT2D eigenvalue weighted by atomic mass is 19.1. The minimum absolute atomic E-state index is 0.154. The molecule has 1 unspecified atom stereocenters. The van der Waals surface area contributed by atoms with E-state index < -0.39 is 0 Å². The molecule has 3 heteroatoms. The van der Waals surface area contributed by atoms with E-state index in [1.165, 1.54) is 25.5 Å². The van der Waals surface area contributed by atoms with Crippen LogP contribution in [0.15, 0.2) is 24.3 Å². The number of hydrogen-bond acceptors (Lipinski definition) is 2. The highest BCUT2D eigenvalue weighted by Gasteiger charge is 2.27. The van der Waals surface area contributed by atoms with Gasteiger partial charge in [-0.2, -0.15) is 0 Å². The lowest BCUT2D eigenvalue weighted by atomic mass is 10.1. The molecule has 1 aromatic carbocycles. The van der Waals surface area contributed by atoms with Crippen LogP contribution in [0, 0.1) is 11.7 Å². The van der Waals surface area contributed by atoms with E-state index in [9.17, 15) is 4.39 Å². The Morgan fingerprint density at radius 2 is 2.22 bits per heavy atom. The zero-order chi connectivity index (χ0) is 12.4. The lowest BCUT2D eigenvalue weighted by Gasteiger charge is -2.33. The van der Waals surface area contributed by atoms with Crippen molar-refractivity contribution in [1.29, 1.82) is 0 Å². The molecule has 3 rings (SSSR count). The topological polar surface area (TPSA) is 12.5 Å². The molecule has 1 aliphatic heterocycles. The number of hydrogen-bond donors (Lipinski definition) is 0. The van der Waals surface area contributed by atoms with Gasteiger partial charge in [0, 0.05) is 19.6 Å². The van der Waals surface area contributed by atoms with E-state index in [1.807, 2.05) is 6.07 Å². The van der Waals surface area contributed by atoms with Crippen molar-refractivity contribution in [3.8, 4) is 0 Å². The van der Waals surface area contributed by atoms with E-state index in [0.717, 1.165) is 37.6 Å². The molecule has 2 aliphatic rings. The summed E-state index contributed by atoms with van der Waals surface area (Å²) in [5.41, 5.74) is 1.04. The first-order valence-electron chi connectivity index (χ1n) is 6.88. The van der Waals surface area contributed by atoms with Gasteiger partial charge in [0.2, 0.25) is 0 Å². The molecule has 2 fully saturated rings. The first kappa shape index (κ1) is 12.1. The molecule has 0 N–H and O–H groups in total. The van der Waals surface area contributed by atoms with E-state index in [1.54, 1.807) is 12.1 Å². The summed E-state index contributed by atoms with van der Waals surface area (Å²) >= 11 is 0. The number of rotatable bonds is 4. The standard InChI is InChI=1S/C15H20FNO/c16-14-3-1-2-13(8-14)9-15-11-17(6-7-18-15)10-12-4-5-12/h1-3,8,12,15H,4-7,9-11H2. The number of benzene rings is 1. The van der Waals surface area contributed by atoms with Gasteiger partial charge in [-0.15, -0.1) is 0 Å². The molecule has 98 valence electrons. The molecule has 1 heterocycles. The predicted molar refractivity (Wildman–Crippen MR) is 69.0 cm³/mol. The molecular weight excluding hydrogens is 229 g/mol. The van der Waals surface area contributed by atoms with Gasteiger partial charge in [0.15, 0.2) is 0 Å². The summed E-state index contributed by atoms with van der Waals surface area (Å²) in [4.78, 5) is 2.51. The number of morpholine rings is 1. The second kappa shape index (κ2) is 5.37. The van der Waals surface area contributed by atoms with Crippen LogP contribution in [0.25, 0.3) is 0 Å². The molecule has 0 bridgehead atoms. The van der Waals surface area contributed by atoms with E-state index in [2.05, 4.69) is 4.90 Å². The fourth-order valence-corrected chi connectivity index (χ4v) is 2.66. The Labute approximate surface area is 108 Å². The molecule has 0 aromatic heterocycles. The molecule has 1 aliphatic carbocycles. The second-order valence-electron chi connectivity index (χ2n) is 5.53. The summed E-state index contributed by atoms with van der Waals surface area (Å²) in [7, 11) is 0. The zero-order valence-electron chi connectivity index (χ0n) is 10.6. The summed E-state index contributed by atoms with van der Waals surface area (Å²) in [5, 5.41) is 0. The zero-order valence-corrected chi connectivity index (χ0v) is 10.6. The van der Waals surface area contributed by atoms with Crippen molar-refractivity contribution in [3.05, 3.63) is 35.6 Å². The van der Waals surface area contributed by atoms with Crippen molar-refractivity contribution in [2.75, 3.05) is 26.2 Å². The van der Waals surface area contributed by atoms with Crippen molar-refractivity contribution in [2.24, 2.45) is 5.92 Å². The molecule has 1 aromatic rings. The van der Waals surface area contributed by atoms with E-state index in [-0.39, 0.29) is 11.9 Å². The Bertz CT molecular complexity index is 405. The number of nitrogens with zero attached hydrogens (tertiary/aromatic N) is 1. The molecule has 0 amide bonds. The molecular formula is C15H20FNO. The van der Waals surface area contributed by atoms with Gasteiger partial charge in [-0.3, -0.25) is 4.90 Å². The van der Waals surface area contributed by atoms with Crippen molar-refractivity contribution in [1.82, 2.24) is 4.90 Å². The van der Waals surface area contributed by atoms with Crippen molar-refractivity contribution in [2.45, 2.75) is 25.4 Å². The molecule has 1 saturated carbocycles. The van der Waals surface area contributed by atoms with Gasteiger partial charge in [-0.05, 0) is 42.9 Å². The minimum Gasteiger partial charge on any atom is -0.375 e. The summed E-state index contributed by atoms with van der Waals surface area (Å²) < 4.78 is 18.9. The van der Waals surface area contributed by atoms with Gasteiger partial charge in [-0.25, -0.2) is 4.39 Å². The summed E-state index contributed by atoms with van der Waals surface area (Å²) in [6, 6.07) is 6.86. The average molecular weight is 249 g/mol. The van der Waals surface area contributed by atoms with Gasteiger partial charge >= 0.3 is 0 Å². The van der Waals surface area contributed by atoms with Crippen molar-refractivity contribution >= 4 is 0 Å². The Morgan fingerprint density at radius 3 is 3.00 bits per heavy atom. The Kier molecular flexibility index (Phi) is 3.62. The van der Waals surface area contributed by atoms with Crippen LogP contribution in [0.5, 0.6) is 0 Å². The highest BCUT2D eigenvalue weighted by Crippen LogP contribution is 2.30. The summed E-state index contributed by atoms with van der Waals surface area (Å²) in [6.07, 6.45) is 3.83. The Hall–Kier alpha value is -0.930. The predicted octanol–water partition coefficient (Wildman–Crippen LogP) is 2.48. The number of ether oxygens (including phenoxy) is 1. The van der Waals surface area contributed by atoms with Gasteiger partial charge < -0.3 is 4.74 Å². The fourth-order valence-electron chi connectivity index (χ4n) is 2.66. The number of halogens is 1. The van der Waals surface area contributed by atoms with Crippen LogP contribution in [0.1, 0.15) is 18.4 Å². The largest absolute Gasteiger partial charge is 0.375 e. The van der Waals surface area contributed by atoms with Gasteiger partial charge in [-0.1, -0.05) is 12.1 Å². The average Bonchev–Trinajstić information content (AvgIpc) is 3.13. The van der Waals surface area contributed by atoms with Crippen LogP contribution in [0.4, 0.5) is 4.39 Å². The molecule has 0 radical (unpaired) electrons. The Morgan fingerprint density at radius 1 is 1.33 bits per heavy atom. The lowest BCUT2D eigenvalue weighted by Crippen LogP contribution is -2.44. The third-order valence-electron chi connectivity index (χ3n) is 3.79. The van der Waals surface area contributed by atoms with E-state index in [4.69, 9.17) is 4.74 Å². The first-order valence-corrected chi connectivity index (χ1v) is 6.88. The SMILES string of the molecule is Fc1cccc(CC2CN(CC3CC3)CCO2)c1. The summed E-state index contributed by atoms with van der Waals surface area (Å²) in [5.74, 6) is 0.774. The maximum atomic E-state index is 13.1. The third-order valence-corrected chi connectivity index (χ3v) is 3.79. The minimum atomic E-state index is -0.154. The van der Waals surface area contributed by atoms with Crippen LogP contribution < -0.4 is 0 Å². The highest BCUT2D eigenvalue weighted by molar-refractivity contribution is 5.17. The summed E-state index contributed by atoms with van der Waals surface area (Å²) in [6.45, 7) is 4.08. The van der Waals surface area contributed by atoms with Crippen LogP contribution in [0.2, 0.25) is 0 Å². The molecule has 1 atom stereocenters. The third kappa shape index (κ3) is 3.30. The monoisotopic (exact) mass is 249 g/mol. The van der Waals surface area contributed by atoms with Gasteiger partial charge in [0.25, 0.3) is 0 Å². The molecule has 2 nitrogen and oxygen atoms in total. The molecule has 18 heavy (non-hydrogen) atoms. The smallest absolute Gasteiger partial charge is 0.123 e. The van der Waals surface area contributed by atoms with E-state index >= 15 is 0 Å². The Balaban J connectivity index is 1.55. The molecule has 1 saturated heterocycles. The molecule has 0 spiro atoms. The maximum Gasteiger partial charge on any atom is 0.123 e. The lowest BCUT2D eigenvalue weighted by molar-refractivity contribution is -0.0289. The van der Waals surface area contributed by atoms with Crippen molar-refractivity contribution < 1.29 is 9.13 Å². The van der Waals surface area contributed by atoms with Gasteiger partial charge in [0.05, 0.1) is 12.7 Å². The van der Waals surface area contributed by atoms with Crippen molar-refractivity contribution in [3.63, 3.8) is 0 Å². The van der Waals surface area contributed by atoms with Crippen LogP contribution >= 0.6 is 0 Å².